The molecule has 0 bridgehead atoms. The zero-order valence-corrected chi connectivity index (χ0v) is 11.2. The molecule has 1 aliphatic rings. The van der Waals surface area contributed by atoms with Crippen LogP contribution in [0.1, 0.15) is 12.8 Å². The van der Waals surface area contributed by atoms with Gasteiger partial charge < -0.3 is 5.11 Å². The lowest BCUT2D eigenvalue weighted by Gasteiger charge is -2.22. The largest absolute Gasteiger partial charge is 0.395 e. The number of sulfonamides is 1. The number of aliphatic hydroxyl groups excluding tert-OH is 1. The molecule has 1 atom stereocenters. The van der Waals surface area contributed by atoms with Crippen LogP contribution >= 0.6 is 0 Å². The standard InChI is InChI=1S/C11H13FN2O5S/c12-10-4-3-9(6-11(10)14(16)17)20(18,19)13-5-1-2-8(13)7-15/h3-4,6,8,15H,1-2,5,7H2/t8-/m0/s1. The van der Waals surface area contributed by atoms with Gasteiger partial charge in [0.15, 0.2) is 0 Å². The predicted molar refractivity (Wildman–Crippen MR) is 67.1 cm³/mol. The van der Waals surface area contributed by atoms with Crippen molar-refractivity contribution in [1.29, 1.82) is 0 Å². The smallest absolute Gasteiger partial charge is 0.306 e. The molecule has 9 heteroatoms. The first-order chi connectivity index (χ1) is 9.37. The van der Waals surface area contributed by atoms with E-state index in [2.05, 4.69) is 0 Å². The van der Waals surface area contributed by atoms with E-state index in [0.717, 1.165) is 16.4 Å². The molecular weight excluding hydrogens is 291 g/mol. The van der Waals surface area contributed by atoms with Crippen molar-refractivity contribution >= 4 is 15.7 Å². The van der Waals surface area contributed by atoms with Crippen molar-refractivity contribution in [2.45, 2.75) is 23.8 Å². The molecule has 1 heterocycles. The zero-order valence-electron chi connectivity index (χ0n) is 10.4. The fourth-order valence-corrected chi connectivity index (χ4v) is 3.94. The number of halogens is 1. The number of benzene rings is 1. The van der Waals surface area contributed by atoms with Crippen LogP contribution in [0.15, 0.2) is 23.1 Å². The van der Waals surface area contributed by atoms with Gasteiger partial charge in [0.2, 0.25) is 15.8 Å². The van der Waals surface area contributed by atoms with Gasteiger partial charge in [-0.1, -0.05) is 0 Å². The molecule has 0 aromatic heterocycles. The van der Waals surface area contributed by atoms with Crippen LogP contribution in [0.4, 0.5) is 10.1 Å². The third kappa shape index (κ3) is 2.51. The molecule has 1 fully saturated rings. The van der Waals surface area contributed by atoms with E-state index in [1.165, 1.54) is 0 Å². The fraction of sp³-hybridized carbons (Fsp3) is 0.455. The van der Waals surface area contributed by atoms with Gasteiger partial charge in [0.1, 0.15) is 0 Å². The summed E-state index contributed by atoms with van der Waals surface area (Å²) in [6.07, 6.45) is 1.13. The zero-order chi connectivity index (χ0) is 14.9. The topological polar surface area (TPSA) is 101 Å². The van der Waals surface area contributed by atoms with Crippen LogP contribution in [0.5, 0.6) is 0 Å². The van der Waals surface area contributed by atoms with E-state index in [4.69, 9.17) is 5.11 Å². The van der Waals surface area contributed by atoms with Crippen LogP contribution in [0.3, 0.4) is 0 Å². The summed E-state index contributed by atoms with van der Waals surface area (Å²) >= 11 is 0. The molecule has 110 valence electrons. The van der Waals surface area contributed by atoms with Gasteiger partial charge in [-0.3, -0.25) is 10.1 Å². The van der Waals surface area contributed by atoms with Crippen molar-refractivity contribution < 1.29 is 22.8 Å². The van der Waals surface area contributed by atoms with Gasteiger partial charge in [-0.25, -0.2) is 8.42 Å². The van der Waals surface area contributed by atoms with Crippen LogP contribution in [0.2, 0.25) is 0 Å². The molecule has 1 saturated heterocycles. The molecule has 0 unspecified atom stereocenters. The number of hydrogen-bond acceptors (Lipinski definition) is 5. The summed E-state index contributed by atoms with van der Waals surface area (Å²) in [5, 5.41) is 19.8. The Morgan fingerprint density at radius 2 is 2.20 bits per heavy atom. The van der Waals surface area contributed by atoms with Crippen molar-refractivity contribution in [3.8, 4) is 0 Å². The van der Waals surface area contributed by atoms with E-state index in [1.54, 1.807) is 0 Å². The average Bonchev–Trinajstić information content (AvgIpc) is 2.87. The van der Waals surface area contributed by atoms with Crippen LogP contribution in [-0.4, -0.2) is 41.9 Å². The second kappa shape index (κ2) is 5.43. The molecule has 1 aromatic rings. The first-order valence-corrected chi connectivity index (χ1v) is 7.38. The number of hydrogen-bond donors (Lipinski definition) is 1. The van der Waals surface area contributed by atoms with Gasteiger partial charge in [0.05, 0.1) is 16.4 Å². The van der Waals surface area contributed by atoms with Crippen molar-refractivity contribution in [1.82, 2.24) is 4.31 Å². The normalized spacial score (nSPS) is 20.2. The van der Waals surface area contributed by atoms with Gasteiger partial charge in [0, 0.05) is 18.7 Å². The molecule has 0 radical (unpaired) electrons. The highest BCUT2D eigenvalue weighted by Gasteiger charge is 2.35. The molecule has 0 amide bonds. The predicted octanol–water partition coefficient (Wildman–Crippen LogP) is 0.879. The first kappa shape index (κ1) is 14.8. The highest BCUT2D eigenvalue weighted by atomic mass is 32.2. The van der Waals surface area contributed by atoms with E-state index in [9.17, 15) is 22.9 Å². The quantitative estimate of drug-likeness (QED) is 0.657. The van der Waals surface area contributed by atoms with Crippen molar-refractivity contribution in [2.75, 3.05) is 13.2 Å². The summed E-state index contributed by atoms with van der Waals surface area (Å²) in [6, 6.07) is 1.92. The lowest BCUT2D eigenvalue weighted by atomic mass is 10.2. The molecule has 20 heavy (non-hydrogen) atoms. The maximum absolute atomic E-state index is 13.2. The summed E-state index contributed by atoms with van der Waals surface area (Å²) in [7, 11) is -3.97. The molecule has 7 nitrogen and oxygen atoms in total. The van der Waals surface area contributed by atoms with Gasteiger partial charge >= 0.3 is 5.69 Å². The Kier molecular flexibility index (Phi) is 4.02. The second-order valence-electron chi connectivity index (χ2n) is 4.46. The van der Waals surface area contributed by atoms with Crippen LogP contribution in [0, 0.1) is 15.9 Å². The lowest BCUT2D eigenvalue weighted by molar-refractivity contribution is -0.387. The Balaban J connectivity index is 2.44. The monoisotopic (exact) mass is 304 g/mol. The summed E-state index contributed by atoms with van der Waals surface area (Å²) in [6.45, 7) is -0.0821. The molecule has 0 saturated carbocycles. The molecule has 1 N–H and O–H groups in total. The van der Waals surface area contributed by atoms with Gasteiger partial charge in [-0.15, -0.1) is 0 Å². The molecule has 1 aliphatic heterocycles. The third-order valence-corrected chi connectivity index (χ3v) is 5.20. The lowest BCUT2D eigenvalue weighted by Crippen LogP contribution is -2.37. The number of rotatable bonds is 4. The van der Waals surface area contributed by atoms with E-state index < -0.39 is 32.5 Å². The summed E-state index contributed by atoms with van der Waals surface area (Å²) in [5.74, 6) is -1.09. The molecule has 0 aliphatic carbocycles. The van der Waals surface area contributed by atoms with Crippen LogP contribution < -0.4 is 0 Å². The van der Waals surface area contributed by atoms with Crippen molar-refractivity contribution in [2.24, 2.45) is 0 Å². The van der Waals surface area contributed by atoms with Crippen molar-refractivity contribution in [3.63, 3.8) is 0 Å². The minimum atomic E-state index is -3.97. The van der Waals surface area contributed by atoms with Gasteiger partial charge in [-0.2, -0.15) is 8.70 Å². The molecular formula is C11H13FN2O5S. The Labute approximate surface area is 114 Å². The fourth-order valence-electron chi connectivity index (χ4n) is 2.24. The van der Waals surface area contributed by atoms with E-state index in [0.29, 0.717) is 18.9 Å². The minimum Gasteiger partial charge on any atom is -0.395 e. The average molecular weight is 304 g/mol. The van der Waals surface area contributed by atoms with Gasteiger partial charge in [0.25, 0.3) is 0 Å². The second-order valence-corrected chi connectivity index (χ2v) is 6.36. The Bertz CT molecular complexity index is 634. The Morgan fingerprint density at radius 3 is 2.80 bits per heavy atom. The molecule has 0 spiro atoms. The van der Waals surface area contributed by atoms with Crippen molar-refractivity contribution in [3.05, 3.63) is 34.1 Å². The van der Waals surface area contributed by atoms with E-state index >= 15 is 0 Å². The number of aliphatic hydroxyl groups is 1. The third-order valence-electron chi connectivity index (χ3n) is 3.25. The van der Waals surface area contributed by atoms with Crippen LogP contribution in [-0.2, 0) is 10.0 Å². The first-order valence-electron chi connectivity index (χ1n) is 5.94. The Hall–Kier alpha value is -1.58. The SMILES string of the molecule is O=[N+]([O-])c1cc(S(=O)(=O)N2CCC[C@H]2CO)ccc1F. The van der Waals surface area contributed by atoms with Gasteiger partial charge in [-0.05, 0) is 25.0 Å². The summed E-state index contributed by atoms with van der Waals surface area (Å²) in [5.41, 5.74) is -0.883. The highest BCUT2D eigenvalue weighted by molar-refractivity contribution is 7.89. The number of nitrogens with zero attached hydrogens (tertiary/aromatic N) is 2. The minimum absolute atomic E-state index is 0.235. The van der Waals surface area contributed by atoms with E-state index in [-0.39, 0.29) is 18.0 Å². The number of nitro benzene ring substituents is 1. The summed E-state index contributed by atoms with van der Waals surface area (Å²) in [4.78, 5) is 9.35. The number of nitro groups is 1. The molecule has 2 rings (SSSR count). The molecule has 1 aromatic carbocycles. The Morgan fingerprint density at radius 1 is 1.50 bits per heavy atom. The highest BCUT2D eigenvalue weighted by Crippen LogP contribution is 2.28. The van der Waals surface area contributed by atoms with Crippen LogP contribution in [0.25, 0.3) is 0 Å². The summed E-state index contributed by atoms with van der Waals surface area (Å²) < 4.78 is 39.1. The maximum Gasteiger partial charge on any atom is 0.306 e. The maximum atomic E-state index is 13.2. The van der Waals surface area contributed by atoms with E-state index in [1.807, 2.05) is 0 Å².